The van der Waals surface area contributed by atoms with Gasteiger partial charge in [-0.05, 0) is 6.92 Å². The number of nitrogens with one attached hydrogen (secondary N) is 1. The van der Waals surface area contributed by atoms with Crippen molar-refractivity contribution in [3.05, 3.63) is 16.6 Å². The number of hydrogen-bond donors (Lipinski definition) is 2. The van der Waals surface area contributed by atoms with Crippen LogP contribution in [0.2, 0.25) is 0 Å². The van der Waals surface area contributed by atoms with E-state index in [4.69, 9.17) is 5.11 Å². The lowest BCUT2D eigenvalue weighted by Crippen LogP contribution is -2.46. The molecule has 104 valence electrons. The lowest BCUT2D eigenvalue weighted by molar-refractivity contribution is -0.141. The van der Waals surface area contributed by atoms with Crippen molar-refractivity contribution in [1.82, 2.24) is 15.2 Å². The Balaban J connectivity index is 2.77. The van der Waals surface area contributed by atoms with E-state index in [2.05, 4.69) is 10.3 Å². The van der Waals surface area contributed by atoms with Crippen LogP contribution in [0.1, 0.15) is 24.3 Å². The Morgan fingerprint density at radius 1 is 1.53 bits per heavy atom. The van der Waals surface area contributed by atoms with Crippen LogP contribution in [0.5, 0.6) is 0 Å². The molecule has 0 aliphatic carbocycles. The normalized spacial score (nSPS) is 11.7. The van der Waals surface area contributed by atoms with Crippen molar-refractivity contribution in [2.75, 3.05) is 13.1 Å². The molecule has 0 radical (unpaired) electrons. The van der Waals surface area contributed by atoms with Crippen molar-refractivity contribution in [3.8, 4) is 0 Å². The van der Waals surface area contributed by atoms with E-state index in [0.717, 1.165) is 0 Å². The molecule has 0 aliphatic rings. The highest BCUT2D eigenvalue weighted by atomic mass is 32.1. The number of carbonyl (C=O) groups excluding carboxylic acids is 2. The summed E-state index contributed by atoms with van der Waals surface area (Å²) in [5.74, 6) is -1.79. The Hall–Kier alpha value is -1.96. The van der Waals surface area contributed by atoms with Crippen LogP contribution in [-0.4, -0.2) is 51.9 Å². The summed E-state index contributed by atoms with van der Waals surface area (Å²) in [7, 11) is 0. The number of thiazole rings is 1. The van der Waals surface area contributed by atoms with Crippen molar-refractivity contribution in [2.45, 2.75) is 19.9 Å². The summed E-state index contributed by atoms with van der Waals surface area (Å²) in [6, 6.07) is -0.983. The molecule has 1 rings (SSSR count). The van der Waals surface area contributed by atoms with Crippen LogP contribution >= 0.6 is 11.3 Å². The molecule has 8 heteroatoms. The third kappa shape index (κ3) is 4.32. The summed E-state index contributed by atoms with van der Waals surface area (Å²) in [6.07, 6.45) is 0. The molecule has 19 heavy (non-hydrogen) atoms. The van der Waals surface area contributed by atoms with Gasteiger partial charge in [0.25, 0.3) is 5.91 Å². The minimum absolute atomic E-state index is 0.114. The molecule has 0 saturated heterocycles. The number of carbonyl (C=O) groups is 3. The van der Waals surface area contributed by atoms with Crippen LogP contribution in [-0.2, 0) is 9.59 Å². The first-order valence-corrected chi connectivity index (χ1v) is 6.54. The van der Waals surface area contributed by atoms with Crippen molar-refractivity contribution >= 4 is 29.1 Å². The first-order chi connectivity index (χ1) is 8.93. The Labute approximate surface area is 114 Å². The summed E-state index contributed by atoms with van der Waals surface area (Å²) >= 11 is 1.26. The van der Waals surface area contributed by atoms with Gasteiger partial charge >= 0.3 is 5.97 Å². The smallest absolute Gasteiger partial charge is 0.326 e. The fraction of sp³-hybridized carbons (Fsp3) is 0.455. The van der Waals surface area contributed by atoms with Gasteiger partial charge in [0.2, 0.25) is 5.91 Å². The number of carboxylic acids is 1. The van der Waals surface area contributed by atoms with Crippen LogP contribution in [0.3, 0.4) is 0 Å². The predicted octanol–water partition coefficient (Wildman–Crippen LogP) is 0.194. The van der Waals surface area contributed by atoms with Crippen molar-refractivity contribution in [1.29, 1.82) is 0 Å². The molecule has 1 aromatic heterocycles. The van der Waals surface area contributed by atoms with Crippen LogP contribution in [0.15, 0.2) is 10.9 Å². The van der Waals surface area contributed by atoms with Gasteiger partial charge in [-0.3, -0.25) is 9.59 Å². The Morgan fingerprint density at radius 3 is 2.68 bits per heavy atom. The van der Waals surface area contributed by atoms with E-state index in [9.17, 15) is 14.4 Å². The van der Waals surface area contributed by atoms with Crippen molar-refractivity contribution < 1.29 is 19.5 Å². The second-order valence-corrected chi connectivity index (χ2v) is 4.59. The van der Waals surface area contributed by atoms with Gasteiger partial charge in [-0.1, -0.05) is 0 Å². The number of amides is 2. The molecule has 1 aromatic rings. The van der Waals surface area contributed by atoms with E-state index in [0.29, 0.717) is 0 Å². The molecule has 0 aliphatic heterocycles. The van der Waals surface area contributed by atoms with Crippen LogP contribution < -0.4 is 5.32 Å². The van der Waals surface area contributed by atoms with Gasteiger partial charge in [-0.15, -0.1) is 11.3 Å². The molecule has 1 unspecified atom stereocenters. The summed E-state index contributed by atoms with van der Waals surface area (Å²) < 4.78 is 0. The largest absolute Gasteiger partial charge is 0.480 e. The minimum atomic E-state index is -1.11. The fourth-order valence-electron chi connectivity index (χ4n) is 1.42. The molecule has 0 aromatic carbocycles. The van der Waals surface area contributed by atoms with E-state index < -0.39 is 17.9 Å². The topological polar surface area (TPSA) is 99.6 Å². The van der Waals surface area contributed by atoms with Gasteiger partial charge in [0.15, 0.2) is 0 Å². The van der Waals surface area contributed by atoms with Gasteiger partial charge < -0.3 is 15.3 Å². The Morgan fingerprint density at radius 2 is 2.21 bits per heavy atom. The molecular formula is C11H15N3O4S. The SMILES string of the molecule is CC(=O)NCCN(C(=O)c1cscn1)C(C)C(=O)O. The van der Waals surface area contributed by atoms with E-state index in [1.54, 1.807) is 5.38 Å². The highest BCUT2D eigenvalue weighted by Crippen LogP contribution is 2.09. The molecule has 7 nitrogen and oxygen atoms in total. The quantitative estimate of drug-likeness (QED) is 0.777. The molecule has 2 amide bonds. The third-order valence-electron chi connectivity index (χ3n) is 2.46. The number of hydrogen-bond acceptors (Lipinski definition) is 5. The summed E-state index contributed by atoms with van der Waals surface area (Å²) in [5.41, 5.74) is 1.71. The average Bonchev–Trinajstić information content (AvgIpc) is 2.86. The van der Waals surface area contributed by atoms with E-state index in [1.165, 1.54) is 35.6 Å². The summed E-state index contributed by atoms with van der Waals surface area (Å²) in [4.78, 5) is 39.0. The van der Waals surface area contributed by atoms with Crippen LogP contribution in [0.4, 0.5) is 0 Å². The molecule has 0 saturated carbocycles. The fourth-order valence-corrected chi connectivity index (χ4v) is 1.95. The van der Waals surface area contributed by atoms with Gasteiger partial charge in [-0.25, -0.2) is 9.78 Å². The second kappa shape index (κ2) is 6.83. The maximum Gasteiger partial charge on any atom is 0.326 e. The van der Waals surface area contributed by atoms with Gasteiger partial charge in [-0.2, -0.15) is 0 Å². The number of aliphatic carboxylic acids is 1. The van der Waals surface area contributed by atoms with Gasteiger partial charge in [0.05, 0.1) is 5.51 Å². The average molecular weight is 285 g/mol. The first kappa shape index (κ1) is 15.1. The van der Waals surface area contributed by atoms with Gasteiger partial charge in [0, 0.05) is 25.4 Å². The maximum absolute atomic E-state index is 12.1. The molecule has 0 spiro atoms. The molecular weight excluding hydrogens is 270 g/mol. The number of rotatable bonds is 6. The molecule has 2 N–H and O–H groups in total. The van der Waals surface area contributed by atoms with Crippen LogP contribution in [0.25, 0.3) is 0 Å². The van der Waals surface area contributed by atoms with E-state index >= 15 is 0 Å². The van der Waals surface area contributed by atoms with Crippen LogP contribution in [0, 0.1) is 0 Å². The predicted molar refractivity (Wildman–Crippen MR) is 68.9 cm³/mol. The highest BCUT2D eigenvalue weighted by molar-refractivity contribution is 7.07. The number of nitrogens with zero attached hydrogens (tertiary/aromatic N) is 2. The lowest BCUT2D eigenvalue weighted by atomic mass is 10.2. The number of aromatic nitrogens is 1. The Bertz CT molecular complexity index is 461. The first-order valence-electron chi connectivity index (χ1n) is 5.60. The van der Waals surface area contributed by atoms with Crippen molar-refractivity contribution in [2.24, 2.45) is 0 Å². The number of carboxylic acid groups (broad SMARTS) is 1. The summed E-state index contributed by atoms with van der Waals surface area (Å²) in [6.45, 7) is 3.08. The monoisotopic (exact) mass is 285 g/mol. The molecule has 0 bridgehead atoms. The van der Waals surface area contributed by atoms with Crippen molar-refractivity contribution in [3.63, 3.8) is 0 Å². The zero-order valence-corrected chi connectivity index (χ0v) is 11.4. The minimum Gasteiger partial charge on any atom is -0.480 e. The summed E-state index contributed by atoms with van der Waals surface area (Å²) in [5, 5.41) is 13.1. The zero-order valence-electron chi connectivity index (χ0n) is 10.6. The van der Waals surface area contributed by atoms with E-state index in [-0.39, 0.29) is 24.7 Å². The lowest BCUT2D eigenvalue weighted by Gasteiger charge is -2.25. The third-order valence-corrected chi connectivity index (χ3v) is 3.05. The highest BCUT2D eigenvalue weighted by Gasteiger charge is 2.27. The molecule has 1 atom stereocenters. The molecule has 1 heterocycles. The van der Waals surface area contributed by atoms with Gasteiger partial charge in [0.1, 0.15) is 11.7 Å². The standard InChI is InChI=1S/C11H15N3O4S/c1-7(11(17)18)14(4-3-12-8(2)15)10(16)9-5-19-6-13-9/h5-7H,3-4H2,1-2H3,(H,12,15)(H,17,18). The molecule has 0 fully saturated rings. The second-order valence-electron chi connectivity index (χ2n) is 3.87. The zero-order chi connectivity index (χ0) is 14.4. The Kier molecular flexibility index (Phi) is 5.43. The maximum atomic E-state index is 12.1. The van der Waals surface area contributed by atoms with E-state index in [1.807, 2.05) is 0 Å².